The molecule has 4 heteroatoms. The molecule has 4 rings (SSSR count). The van der Waals surface area contributed by atoms with Crippen molar-refractivity contribution in [2.75, 3.05) is 26.2 Å². The second-order valence-corrected chi connectivity index (χ2v) is 10.3. The van der Waals surface area contributed by atoms with Crippen LogP contribution >= 0.6 is 0 Å². The summed E-state index contributed by atoms with van der Waals surface area (Å²) in [6.07, 6.45) is 6.83. The van der Waals surface area contributed by atoms with Gasteiger partial charge >= 0.3 is 0 Å². The fourth-order valence-electron chi connectivity index (χ4n) is 5.75. The SMILES string of the molecule is CC1(C)C(C(=O)N2CC[C@@]3(CCCN(CC4CCC4)C3=O)C2)C1(C)C. The number of hydrogen-bond donors (Lipinski definition) is 0. The summed E-state index contributed by atoms with van der Waals surface area (Å²) in [5, 5.41) is 0. The molecule has 1 atom stereocenters. The number of nitrogens with zero attached hydrogens (tertiary/aromatic N) is 2. The Hall–Kier alpha value is -1.06. The smallest absolute Gasteiger partial charge is 0.230 e. The molecule has 2 saturated carbocycles. The Morgan fingerprint density at radius 1 is 1.04 bits per heavy atom. The zero-order chi connectivity index (χ0) is 18.0. The van der Waals surface area contributed by atoms with Gasteiger partial charge in [-0.2, -0.15) is 0 Å². The molecule has 4 aliphatic rings. The average molecular weight is 347 g/mol. The van der Waals surface area contributed by atoms with Crippen LogP contribution in [0.1, 0.15) is 66.2 Å². The molecule has 4 nitrogen and oxygen atoms in total. The quantitative estimate of drug-likeness (QED) is 0.786. The highest BCUT2D eigenvalue weighted by molar-refractivity contribution is 5.88. The summed E-state index contributed by atoms with van der Waals surface area (Å²) in [5.74, 6) is 1.47. The van der Waals surface area contributed by atoms with Gasteiger partial charge in [-0.25, -0.2) is 0 Å². The molecule has 2 amide bonds. The number of carbonyl (C=O) groups excluding carboxylic acids is 2. The maximum absolute atomic E-state index is 13.2. The van der Waals surface area contributed by atoms with Crippen molar-refractivity contribution in [2.45, 2.75) is 66.2 Å². The number of amides is 2. The lowest BCUT2D eigenvalue weighted by Gasteiger charge is -2.42. The van der Waals surface area contributed by atoms with Crippen LogP contribution in [0.5, 0.6) is 0 Å². The van der Waals surface area contributed by atoms with Gasteiger partial charge in [-0.05, 0) is 48.9 Å². The van der Waals surface area contributed by atoms with Gasteiger partial charge in [-0.1, -0.05) is 34.1 Å². The summed E-state index contributed by atoms with van der Waals surface area (Å²) in [5.41, 5.74) is -0.125. The standard InChI is InChI=1S/C21H34N2O2/c1-19(2)16(20(19,3)4)17(24)23-12-10-21(14-23)9-6-11-22(18(21)25)13-15-7-5-8-15/h15-16H,5-14H2,1-4H3/t21-/m0/s1. The fourth-order valence-corrected chi connectivity index (χ4v) is 5.75. The van der Waals surface area contributed by atoms with Crippen molar-refractivity contribution in [1.29, 1.82) is 0 Å². The lowest BCUT2D eigenvalue weighted by molar-refractivity contribution is -0.147. The first-order valence-corrected chi connectivity index (χ1v) is 10.3. The van der Waals surface area contributed by atoms with E-state index in [1.54, 1.807) is 0 Å². The number of hydrogen-bond acceptors (Lipinski definition) is 2. The van der Waals surface area contributed by atoms with Crippen LogP contribution in [0.4, 0.5) is 0 Å². The number of rotatable bonds is 3. The van der Waals surface area contributed by atoms with E-state index in [4.69, 9.17) is 0 Å². The highest BCUT2D eigenvalue weighted by atomic mass is 16.2. The zero-order valence-corrected chi connectivity index (χ0v) is 16.4. The van der Waals surface area contributed by atoms with Crippen LogP contribution in [-0.4, -0.2) is 47.8 Å². The summed E-state index contributed by atoms with van der Waals surface area (Å²) >= 11 is 0. The predicted molar refractivity (Wildman–Crippen MR) is 97.8 cm³/mol. The van der Waals surface area contributed by atoms with Crippen LogP contribution in [-0.2, 0) is 9.59 Å². The molecule has 25 heavy (non-hydrogen) atoms. The second kappa shape index (κ2) is 5.47. The first kappa shape index (κ1) is 17.4. The van der Waals surface area contributed by atoms with E-state index in [0.29, 0.717) is 12.5 Å². The molecule has 2 aliphatic carbocycles. The van der Waals surface area contributed by atoms with E-state index < -0.39 is 0 Å². The van der Waals surface area contributed by atoms with Gasteiger partial charge in [0.25, 0.3) is 0 Å². The molecule has 1 spiro atoms. The maximum atomic E-state index is 13.2. The summed E-state index contributed by atoms with van der Waals surface area (Å²) in [6.45, 7) is 12.1. The Morgan fingerprint density at radius 2 is 1.72 bits per heavy atom. The van der Waals surface area contributed by atoms with Gasteiger partial charge in [0.05, 0.1) is 5.41 Å². The van der Waals surface area contributed by atoms with E-state index >= 15 is 0 Å². The average Bonchev–Trinajstić information content (AvgIpc) is 2.82. The van der Waals surface area contributed by atoms with E-state index in [-0.39, 0.29) is 28.1 Å². The molecule has 0 aromatic rings. The van der Waals surface area contributed by atoms with Crippen LogP contribution < -0.4 is 0 Å². The Kier molecular flexibility index (Phi) is 3.80. The Bertz CT molecular complexity index is 579. The molecular formula is C21H34N2O2. The van der Waals surface area contributed by atoms with E-state index in [1.807, 2.05) is 4.90 Å². The van der Waals surface area contributed by atoms with E-state index in [1.165, 1.54) is 19.3 Å². The Morgan fingerprint density at radius 3 is 2.28 bits per heavy atom. The minimum atomic E-state index is -0.277. The van der Waals surface area contributed by atoms with E-state index in [0.717, 1.165) is 44.8 Å². The molecule has 0 bridgehead atoms. The Labute approximate surface area is 152 Å². The van der Waals surface area contributed by atoms with Gasteiger partial charge in [0.1, 0.15) is 0 Å². The van der Waals surface area contributed by atoms with Gasteiger partial charge < -0.3 is 9.80 Å². The molecule has 2 aliphatic heterocycles. The fraction of sp³-hybridized carbons (Fsp3) is 0.905. The lowest BCUT2D eigenvalue weighted by atomic mass is 9.77. The third-order valence-electron chi connectivity index (χ3n) is 8.46. The van der Waals surface area contributed by atoms with Crippen molar-refractivity contribution in [3.05, 3.63) is 0 Å². The topological polar surface area (TPSA) is 40.6 Å². The van der Waals surface area contributed by atoms with E-state index in [9.17, 15) is 9.59 Å². The molecule has 0 radical (unpaired) electrons. The third kappa shape index (κ3) is 2.46. The highest BCUT2D eigenvalue weighted by Crippen LogP contribution is 2.69. The van der Waals surface area contributed by atoms with Crippen molar-refractivity contribution in [2.24, 2.45) is 28.1 Å². The van der Waals surface area contributed by atoms with Crippen molar-refractivity contribution in [1.82, 2.24) is 9.80 Å². The van der Waals surface area contributed by atoms with Crippen LogP contribution in [0, 0.1) is 28.1 Å². The highest BCUT2D eigenvalue weighted by Gasteiger charge is 2.69. The second-order valence-electron chi connectivity index (χ2n) is 10.3. The molecular weight excluding hydrogens is 312 g/mol. The molecule has 0 aromatic carbocycles. The molecule has 2 saturated heterocycles. The molecule has 4 fully saturated rings. The van der Waals surface area contributed by atoms with Crippen LogP contribution in [0.2, 0.25) is 0 Å². The van der Waals surface area contributed by atoms with Gasteiger partial charge in [0.15, 0.2) is 0 Å². The van der Waals surface area contributed by atoms with Crippen molar-refractivity contribution < 1.29 is 9.59 Å². The molecule has 0 aromatic heterocycles. The lowest BCUT2D eigenvalue weighted by Crippen LogP contribution is -2.52. The number of piperidine rings is 1. The van der Waals surface area contributed by atoms with Gasteiger partial charge in [0.2, 0.25) is 11.8 Å². The van der Waals surface area contributed by atoms with Gasteiger partial charge in [-0.15, -0.1) is 0 Å². The van der Waals surface area contributed by atoms with E-state index in [2.05, 4.69) is 32.6 Å². The summed E-state index contributed by atoms with van der Waals surface area (Å²) in [7, 11) is 0. The maximum Gasteiger partial charge on any atom is 0.230 e. The number of carbonyl (C=O) groups is 2. The first-order valence-electron chi connectivity index (χ1n) is 10.3. The van der Waals surface area contributed by atoms with Crippen molar-refractivity contribution >= 4 is 11.8 Å². The van der Waals surface area contributed by atoms with Gasteiger partial charge in [-0.3, -0.25) is 9.59 Å². The van der Waals surface area contributed by atoms with Gasteiger partial charge in [0, 0.05) is 32.1 Å². The largest absolute Gasteiger partial charge is 0.342 e. The molecule has 0 unspecified atom stereocenters. The predicted octanol–water partition coefficient (Wildman–Crippen LogP) is 3.31. The summed E-state index contributed by atoms with van der Waals surface area (Å²) in [6, 6.07) is 0. The molecule has 2 heterocycles. The monoisotopic (exact) mass is 346 g/mol. The van der Waals surface area contributed by atoms with Crippen molar-refractivity contribution in [3.8, 4) is 0 Å². The molecule has 140 valence electrons. The number of likely N-dealkylation sites (tertiary alicyclic amines) is 2. The summed E-state index contributed by atoms with van der Waals surface area (Å²) in [4.78, 5) is 30.5. The first-order chi connectivity index (χ1) is 11.7. The Balaban J connectivity index is 1.44. The van der Waals surface area contributed by atoms with Crippen LogP contribution in [0.15, 0.2) is 0 Å². The zero-order valence-electron chi connectivity index (χ0n) is 16.4. The van der Waals surface area contributed by atoms with Crippen molar-refractivity contribution in [3.63, 3.8) is 0 Å². The third-order valence-corrected chi connectivity index (χ3v) is 8.46. The summed E-state index contributed by atoms with van der Waals surface area (Å²) < 4.78 is 0. The minimum Gasteiger partial charge on any atom is -0.342 e. The van der Waals surface area contributed by atoms with Crippen LogP contribution in [0.3, 0.4) is 0 Å². The van der Waals surface area contributed by atoms with Crippen LogP contribution in [0.25, 0.3) is 0 Å². The minimum absolute atomic E-state index is 0.0761. The normalized spacial score (nSPS) is 34.5. The molecule has 0 N–H and O–H groups in total.